The lowest BCUT2D eigenvalue weighted by atomic mass is 10.1. The molecule has 0 spiro atoms. The molecule has 23 heavy (non-hydrogen) atoms. The molecule has 0 unspecified atom stereocenters. The van der Waals surface area contributed by atoms with Crippen LogP contribution in [0.3, 0.4) is 0 Å². The zero-order valence-corrected chi connectivity index (χ0v) is 14.8. The monoisotopic (exact) mass is 423 g/mol. The minimum atomic E-state index is -4.69. The summed E-state index contributed by atoms with van der Waals surface area (Å²) in [6, 6.07) is 0.791. The lowest BCUT2D eigenvalue weighted by Crippen LogP contribution is -2.09. The Labute approximate surface area is 154 Å². The van der Waals surface area contributed by atoms with Gasteiger partial charge in [-0.1, -0.05) is 58.0 Å². The molecular weight excluding hydrogens is 420 g/mol. The van der Waals surface area contributed by atoms with Crippen LogP contribution in [0.25, 0.3) is 11.1 Å². The molecule has 1 aromatic carbocycles. The highest BCUT2D eigenvalue weighted by atomic mass is 35.5. The van der Waals surface area contributed by atoms with Gasteiger partial charge in [0, 0.05) is 17.3 Å². The third-order valence-electron chi connectivity index (χ3n) is 2.85. The molecule has 0 atom stereocenters. The SMILES string of the molecule is COc1ncc(-c2c(Cl)c(Cl)c(Cl)c(Cl)c2Cl)cc1C(F)(F)F. The highest BCUT2D eigenvalue weighted by Crippen LogP contribution is 2.49. The van der Waals surface area contributed by atoms with Crippen LogP contribution in [0, 0.1) is 0 Å². The Morgan fingerprint density at radius 2 is 1.39 bits per heavy atom. The van der Waals surface area contributed by atoms with Gasteiger partial charge in [-0.05, 0) is 6.07 Å². The molecule has 0 saturated heterocycles. The van der Waals surface area contributed by atoms with E-state index in [4.69, 9.17) is 58.0 Å². The van der Waals surface area contributed by atoms with Crippen molar-refractivity contribution < 1.29 is 17.9 Å². The Bertz CT molecular complexity index is 750. The summed E-state index contributed by atoms with van der Waals surface area (Å²) < 4.78 is 43.9. The molecule has 1 heterocycles. The summed E-state index contributed by atoms with van der Waals surface area (Å²) in [6.07, 6.45) is -3.57. The summed E-state index contributed by atoms with van der Waals surface area (Å²) in [5.41, 5.74) is -1.13. The van der Waals surface area contributed by atoms with E-state index in [1.807, 2.05) is 0 Å². The van der Waals surface area contributed by atoms with E-state index in [9.17, 15) is 13.2 Å². The highest BCUT2D eigenvalue weighted by Gasteiger charge is 2.36. The Morgan fingerprint density at radius 1 is 0.913 bits per heavy atom. The molecule has 0 aliphatic carbocycles. The predicted molar refractivity (Wildman–Crippen MR) is 86.3 cm³/mol. The number of aromatic nitrogens is 1. The summed E-state index contributed by atoms with van der Waals surface area (Å²) in [4.78, 5) is 3.63. The van der Waals surface area contributed by atoms with Crippen LogP contribution in [0.2, 0.25) is 25.1 Å². The van der Waals surface area contributed by atoms with Crippen molar-refractivity contribution >= 4 is 58.0 Å². The first kappa shape index (κ1) is 18.7. The van der Waals surface area contributed by atoms with E-state index < -0.39 is 17.6 Å². The van der Waals surface area contributed by atoms with E-state index in [0.717, 1.165) is 19.4 Å². The van der Waals surface area contributed by atoms with Gasteiger partial charge in [0.2, 0.25) is 5.88 Å². The molecule has 0 fully saturated rings. The largest absolute Gasteiger partial charge is 0.481 e. The topological polar surface area (TPSA) is 22.1 Å². The molecule has 2 nitrogen and oxygen atoms in total. The van der Waals surface area contributed by atoms with Crippen LogP contribution in [-0.2, 0) is 6.18 Å². The zero-order valence-electron chi connectivity index (χ0n) is 11.0. The van der Waals surface area contributed by atoms with Crippen LogP contribution >= 0.6 is 58.0 Å². The van der Waals surface area contributed by atoms with Crippen LogP contribution in [0.1, 0.15) is 5.56 Å². The molecule has 2 rings (SSSR count). The second-order valence-electron chi connectivity index (χ2n) is 4.22. The van der Waals surface area contributed by atoms with Gasteiger partial charge in [-0.2, -0.15) is 13.2 Å². The molecule has 0 bridgehead atoms. The van der Waals surface area contributed by atoms with Crippen LogP contribution in [0.4, 0.5) is 13.2 Å². The zero-order chi connectivity index (χ0) is 17.5. The van der Waals surface area contributed by atoms with E-state index >= 15 is 0 Å². The van der Waals surface area contributed by atoms with Gasteiger partial charge in [0.05, 0.1) is 32.2 Å². The fourth-order valence-corrected chi connectivity index (χ4v) is 3.17. The molecule has 124 valence electrons. The van der Waals surface area contributed by atoms with Gasteiger partial charge in [0.15, 0.2) is 0 Å². The molecule has 2 aromatic rings. The van der Waals surface area contributed by atoms with Gasteiger partial charge in [0.25, 0.3) is 0 Å². The van der Waals surface area contributed by atoms with Crippen molar-refractivity contribution in [2.75, 3.05) is 7.11 Å². The lowest BCUT2D eigenvalue weighted by molar-refractivity contribution is -0.139. The first-order valence-corrected chi connectivity index (χ1v) is 7.61. The Hall–Kier alpha value is -0.590. The summed E-state index contributed by atoms with van der Waals surface area (Å²) in [5.74, 6) is -0.584. The Kier molecular flexibility index (Phi) is 5.48. The number of alkyl halides is 3. The number of nitrogens with zero attached hydrogens (tertiary/aromatic N) is 1. The van der Waals surface area contributed by atoms with E-state index in [1.54, 1.807) is 0 Å². The minimum Gasteiger partial charge on any atom is -0.481 e. The number of methoxy groups -OCH3 is 1. The van der Waals surface area contributed by atoms with Crippen molar-refractivity contribution in [2.45, 2.75) is 6.18 Å². The fourth-order valence-electron chi connectivity index (χ4n) is 1.81. The smallest absolute Gasteiger partial charge is 0.421 e. The number of hydrogen-bond acceptors (Lipinski definition) is 2. The number of benzene rings is 1. The van der Waals surface area contributed by atoms with Crippen molar-refractivity contribution in [3.05, 3.63) is 42.9 Å². The van der Waals surface area contributed by atoms with Gasteiger partial charge >= 0.3 is 6.18 Å². The maximum Gasteiger partial charge on any atom is 0.421 e. The first-order chi connectivity index (χ1) is 10.6. The van der Waals surface area contributed by atoms with Gasteiger partial charge in [-0.15, -0.1) is 0 Å². The maximum absolute atomic E-state index is 13.1. The highest BCUT2D eigenvalue weighted by molar-refractivity contribution is 6.56. The second-order valence-corrected chi connectivity index (χ2v) is 6.11. The lowest BCUT2D eigenvalue weighted by Gasteiger charge is -2.15. The molecule has 1 aromatic heterocycles. The molecule has 10 heteroatoms. The molecule has 0 saturated carbocycles. The van der Waals surface area contributed by atoms with E-state index in [0.29, 0.717) is 0 Å². The van der Waals surface area contributed by atoms with Crippen molar-refractivity contribution in [3.8, 4) is 17.0 Å². The summed E-state index contributed by atoms with van der Waals surface area (Å²) in [6.45, 7) is 0. The minimum absolute atomic E-state index is 0.00612. The average molecular weight is 425 g/mol. The number of pyridine rings is 1. The molecule has 0 amide bonds. The fraction of sp³-hybridized carbons (Fsp3) is 0.154. The van der Waals surface area contributed by atoms with Gasteiger partial charge in [-0.3, -0.25) is 0 Å². The summed E-state index contributed by atoms with van der Waals surface area (Å²) in [5, 5.41) is -0.605. The van der Waals surface area contributed by atoms with Crippen molar-refractivity contribution in [1.29, 1.82) is 0 Å². The van der Waals surface area contributed by atoms with E-state index in [-0.39, 0.29) is 36.2 Å². The van der Waals surface area contributed by atoms with Crippen molar-refractivity contribution in [3.63, 3.8) is 0 Å². The van der Waals surface area contributed by atoms with E-state index in [1.165, 1.54) is 0 Å². The molecule has 0 aliphatic rings. The quantitative estimate of drug-likeness (QED) is 0.380. The molecular formula is C13H5Cl5F3NO. The number of rotatable bonds is 2. The third kappa shape index (κ3) is 3.44. The van der Waals surface area contributed by atoms with E-state index in [2.05, 4.69) is 9.72 Å². The van der Waals surface area contributed by atoms with Gasteiger partial charge < -0.3 is 4.74 Å². The summed E-state index contributed by atoms with van der Waals surface area (Å²) in [7, 11) is 1.08. The normalized spacial score (nSPS) is 11.7. The second kappa shape index (κ2) is 6.73. The summed E-state index contributed by atoms with van der Waals surface area (Å²) >= 11 is 29.8. The standard InChI is InChI=1S/C13H5Cl5F3NO/c1-23-12-5(13(19,20)21)2-4(3-22-12)6-7(14)9(16)11(18)10(17)8(6)15/h2-3H,1H3. The number of halogens is 8. The van der Waals surface area contributed by atoms with Crippen LogP contribution in [0.15, 0.2) is 12.3 Å². The van der Waals surface area contributed by atoms with Gasteiger partial charge in [0.1, 0.15) is 5.56 Å². The predicted octanol–water partition coefficient (Wildman–Crippen LogP) is 7.04. The molecule has 0 N–H and O–H groups in total. The number of ether oxygens (including phenoxy) is 1. The maximum atomic E-state index is 13.1. The molecule has 0 radical (unpaired) electrons. The average Bonchev–Trinajstić information content (AvgIpc) is 2.50. The van der Waals surface area contributed by atoms with Crippen LogP contribution in [0.5, 0.6) is 5.88 Å². The van der Waals surface area contributed by atoms with Crippen LogP contribution in [-0.4, -0.2) is 12.1 Å². The first-order valence-electron chi connectivity index (χ1n) is 5.72. The Balaban J connectivity index is 2.79. The van der Waals surface area contributed by atoms with Crippen molar-refractivity contribution in [1.82, 2.24) is 4.98 Å². The van der Waals surface area contributed by atoms with Gasteiger partial charge in [-0.25, -0.2) is 4.98 Å². The van der Waals surface area contributed by atoms with Crippen molar-refractivity contribution in [2.24, 2.45) is 0 Å². The third-order valence-corrected chi connectivity index (χ3v) is 5.13. The Morgan fingerprint density at radius 3 is 1.83 bits per heavy atom. The number of hydrogen-bond donors (Lipinski definition) is 0. The molecule has 0 aliphatic heterocycles. The van der Waals surface area contributed by atoms with Crippen LogP contribution < -0.4 is 4.74 Å².